The molecule has 2 fully saturated rings. The molecule has 1 amide bonds. The van der Waals surface area contributed by atoms with Gasteiger partial charge in [-0.15, -0.1) is 0 Å². The largest absolute Gasteiger partial charge is 0.339 e. The summed E-state index contributed by atoms with van der Waals surface area (Å²) in [5.41, 5.74) is 0. The van der Waals surface area contributed by atoms with Crippen molar-refractivity contribution in [2.75, 3.05) is 45.8 Å². The molecule has 0 radical (unpaired) electrons. The van der Waals surface area contributed by atoms with Crippen LogP contribution >= 0.6 is 0 Å². The summed E-state index contributed by atoms with van der Waals surface area (Å²) in [7, 11) is -3.91. The Morgan fingerprint density at radius 3 is 2.21 bits per heavy atom. The van der Waals surface area contributed by atoms with Crippen LogP contribution in [0.5, 0.6) is 0 Å². The van der Waals surface area contributed by atoms with Gasteiger partial charge in [0.2, 0.25) is 15.9 Å². The van der Waals surface area contributed by atoms with E-state index in [-0.39, 0.29) is 23.9 Å². The van der Waals surface area contributed by atoms with E-state index in [1.54, 1.807) is 4.90 Å². The van der Waals surface area contributed by atoms with E-state index in [0.29, 0.717) is 37.5 Å². The number of amides is 1. The number of nitrogens with zero attached hydrogens (tertiary/aromatic N) is 3. The molecule has 1 aromatic carbocycles. The molecule has 1 aromatic rings. The third-order valence-corrected chi connectivity index (χ3v) is 7.32. The molecular formula is C19H27F2N3O3S. The van der Waals surface area contributed by atoms with Gasteiger partial charge in [0.15, 0.2) is 11.6 Å². The minimum absolute atomic E-state index is 0.00572. The van der Waals surface area contributed by atoms with Crippen LogP contribution in [0.1, 0.15) is 20.3 Å². The topological polar surface area (TPSA) is 60.9 Å². The first-order valence-corrected chi connectivity index (χ1v) is 11.1. The van der Waals surface area contributed by atoms with Gasteiger partial charge in [-0.1, -0.05) is 13.8 Å². The summed E-state index contributed by atoms with van der Waals surface area (Å²) in [5, 5.41) is 0. The molecule has 28 heavy (non-hydrogen) atoms. The minimum Gasteiger partial charge on any atom is -0.339 e. The van der Waals surface area contributed by atoms with Crippen molar-refractivity contribution in [3.63, 3.8) is 0 Å². The maximum absolute atomic E-state index is 13.4. The second-order valence-electron chi connectivity index (χ2n) is 8.00. The molecule has 6 nitrogen and oxygen atoms in total. The summed E-state index contributed by atoms with van der Waals surface area (Å²) in [5.74, 6) is -1.15. The Morgan fingerprint density at radius 2 is 1.64 bits per heavy atom. The van der Waals surface area contributed by atoms with Crippen LogP contribution in [0.2, 0.25) is 0 Å². The van der Waals surface area contributed by atoms with Crippen LogP contribution in [0.3, 0.4) is 0 Å². The number of hydrogen-bond acceptors (Lipinski definition) is 4. The van der Waals surface area contributed by atoms with Gasteiger partial charge in [0.25, 0.3) is 0 Å². The average Bonchev–Trinajstić information content (AvgIpc) is 2.63. The Bertz CT molecular complexity index is 816. The second kappa shape index (κ2) is 8.42. The van der Waals surface area contributed by atoms with E-state index in [0.717, 1.165) is 25.2 Å². The van der Waals surface area contributed by atoms with Gasteiger partial charge in [-0.3, -0.25) is 9.69 Å². The Morgan fingerprint density at radius 1 is 1.04 bits per heavy atom. The Balaban J connectivity index is 1.57. The molecule has 0 aliphatic carbocycles. The summed E-state index contributed by atoms with van der Waals surface area (Å²) in [6.07, 6.45) is 1.17. The molecule has 2 aliphatic rings. The Kier molecular flexibility index (Phi) is 6.36. The highest BCUT2D eigenvalue weighted by Crippen LogP contribution is 2.22. The molecule has 2 heterocycles. The first-order chi connectivity index (χ1) is 13.2. The normalized spacial score (nSPS) is 25.1. The number of piperazine rings is 1. The molecule has 0 aromatic heterocycles. The molecule has 2 saturated heterocycles. The number of halogens is 2. The quantitative estimate of drug-likeness (QED) is 0.752. The molecule has 3 rings (SSSR count). The highest BCUT2D eigenvalue weighted by atomic mass is 32.2. The van der Waals surface area contributed by atoms with E-state index < -0.39 is 21.7 Å². The third kappa shape index (κ3) is 4.69. The fourth-order valence-corrected chi connectivity index (χ4v) is 5.61. The van der Waals surface area contributed by atoms with Crippen molar-refractivity contribution in [3.05, 3.63) is 29.8 Å². The van der Waals surface area contributed by atoms with Crippen LogP contribution in [-0.2, 0) is 14.8 Å². The predicted octanol–water partition coefficient (Wildman–Crippen LogP) is 1.78. The number of carbonyl (C=O) groups excluding carboxylic acids is 1. The average molecular weight is 416 g/mol. The first-order valence-electron chi connectivity index (χ1n) is 9.62. The lowest BCUT2D eigenvalue weighted by Crippen LogP contribution is -2.53. The lowest BCUT2D eigenvalue weighted by Gasteiger charge is -2.38. The summed E-state index contributed by atoms with van der Waals surface area (Å²) in [4.78, 5) is 16.2. The van der Waals surface area contributed by atoms with Crippen molar-refractivity contribution in [1.82, 2.24) is 14.1 Å². The maximum atomic E-state index is 13.4. The second-order valence-corrected chi connectivity index (χ2v) is 9.94. The number of hydrogen-bond donors (Lipinski definition) is 0. The van der Waals surface area contributed by atoms with Crippen LogP contribution in [0, 0.1) is 23.5 Å². The lowest BCUT2D eigenvalue weighted by molar-refractivity contribution is -0.134. The van der Waals surface area contributed by atoms with Crippen molar-refractivity contribution in [1.29, 1.82) is 0 Å². The van der Waals surface area contributed by atoms with Crippen LogP contribution in [-0.4, -0.2) is 74.2 Å². The summed E-state index contributed by atoms with van der Waals surface area (Å²) >= 11 is 0. The van der Waals surface area contributed by atoms with Crippen LogP contribution in [0.15, 0.2) is 23.1 Å². The summed E-state index contributed by atoms with van der Waals surface area (Å²) in [6.45, 7) is 7.40. The van der Waals surface area contributed by atoms with Gasteiger partial charge in [0, 0.05) is 39.3 Å². The SMILES string of the molecule is CC1CC(C)CN(CC(=O)N2CCN(S(=O)(=O)c3ccc(F)c(F)c3)CC2)C1. The standard InChI is InChI=1S/C19H27F2N3O3S/c1-14-9-15(2)12-22(11-14)13-19(25)23-5-7-24(8-6-23)28(26,27)16-3-4-17(20)18(21)10-16/h3-4,10,14-15H,5-9,11-13H2,1-2H3. The fraction of sp³-hybridized carbons (Fsp3) is 0.632. The molecule has 156 valence electrons. The first kappa shape index (κ1) is 21.1. The van der Waals surface area contributed by atoms with Crippen LogP contribution in [0.25, 0.3) is 0 Å². The minimum atomic E-state index is -3.91. The van der Waals surface area contributed by atoms with E-state index in [9.17, 15) is 22.0 Å². The molecular weight excluding hydrogens is 388 g/mol. The number of piperidine rings is 1. The third-order valence-electron chi connectivity index (χ3n) is 5.42. The van der Waals surface area contributed by atoms with Gasteiger partial charge in [-0.05, 0) is 36.5 Å². The molecule has 2 atom stereocenters. The fourth-order valence-electron chi connectivity index (χ4n) is 4.18. The van der Waals surface area contributed by atoms with Crippen molar-refractivity contribution < 1.29 is 22.0 Å². The van der Waals surface area contributed by atoms with Crippen molar-refractivity contribution in [2.24, 2.45) is 11.8 Å². The molecule has 0 spiro atoms. The molecule has 2 aliphatic heterocycles. The van der Waals surface area contributed by atoms with Crippen molar-refractivity contribution in [2.45, 2.75) is 25.2 Å². The molecule has 0 saturated carbocycles. The van der Waals surface area contributed by atoms with Gasteiger partial charge in [-0.25, -0.2) is 17.2 Å². The zero-order chi connectivity index (χ0) is 20.5. The number of likely N-dealkylation sites (tertiary alicyclic amines) is 1. The van der Waals surface area contributed by atoms with Gasteiger partial charge in [0.1, 0.15) is 0 Å². The zero-order valence-electron chi connectivity index (χ0n) is 16.3. The van der Waals surface area contributed by atoms with Gasteiger partial charge < -0.3 is 4.90 Å². The molecule has 0 N–H and O–H groups in total. The number of rotatable bonds is 4. The van der Waals surface area contributed by atoms with E-state index in [1.165, 1.54) is 10.7 Å². The highest BCUT2D eigenvalue weighted by molar-refractivity contribution is 7.89. The van der Waals surface area contributed by atoms with Crippen LogP contribution < -0.4 is 0 Å². The Labute approximate surface area is 165 Å². The maximum Gasteiger partial charge on any atom is 0.243 e. The van der Waals surface area contributed by atoms with Gasteiger partial charge in [-0.2, -0.15) is 4.31 Å². The molecule has 2 unspecified atom stereocenters. The smallest absolute Gasteiger partial charge is 0.243 e. The van der Waals surface area contributed by atoms with E-state index >= 15 is 0 Å². The Hall–Kier alpha value is -1.58. The molecule has 9 heteroatoms. The molecule has 0 bridgehead atoms. The van der Waals surface area contributed by atoms with Crippen molar-refractivity contribution >= 4 is 15.9 Å². The number of carbonyl (C=O) groups is 1. The monoisotopic (exact) mass is 415 g/mol. The predicted molar refractivity (Wildman–Crippen MR) is 101 cm³/mol. The van der Waals surface area contributed by atoms with Crippen LogP contribution in [0.4, 0.5) is 8.78 Å². The number of sulfonamides is 1. The van der Waals surface area contributed by atoms with E-state index in [4.69, 9.17) is 0 Å². The van der Waals surface area contributed by atoms with E-state index in [2.05, 4.69) is 18.7 Å². The van der Waals surface area contributed by atoms with Crippen molar-refractivity contribution in [3.8, 4) is 0 Å². The zero-order valence-corrected chi connectivity index (χ0v) is 17.1. The lowest BCUT2D eigenvalue weighted by atomic mass is 9.92. The van der Waals surface area contributed by atoms with Gasteiger partial charge in [0.05, 0.1) is 11.4 Å². The summed E-state index contributed by atoms with van der Waals surface area (Å²) in [6, 6.07) is 2.56. The summed E-state index contributed by atoms with van der Waals surface area (Å²) < 4.78 is 53.0. The highest BCUT2D eigenvalue weighted by Gasteiger charge is 2.32. The number of benzene rings is 1. The van der Waals surface area contributed by atoms with E-state index in [1.807, 2.05) is 0 Å². The van der Waals surface area contributed by atoms with Gasteiger partial charge >= 0.3 is 0 Å².